The van der Waals surface area contributed by atoms with Crippen LogP contribution in [0.15, 0.2) is 40.9 Å². The van der Waals surface area contributed by atoms with Crippen molar-refractivity contribution in [2.75, 3.05) is 0 Å². The maximum atomic E-state index is 6.18. The SMILES string of the molecule is Cc1cc([C@@H](C)N)ccc1OCc1ccc(Br)cc1Cl. The zero-order chi connectivity index (χ0) is 14.7. The molecule has 2 aromatic rings. The highest BCUT2D eigenvalue weighted by molar-refractivity contribution is 9.10. The molecule has 2 N–H and O–H groups in total. The van der Waals surface area contributed by atoms with Crippen LogP contribution in [0.5, 0.6) is 5.75 Å². The van der Waals surface area contributed by atoms with Crippen molar-refractivity contribution in [2.24, 2.45) is 5.73 Å². The highest BCUT2D eigenvalue weighted by atomic mass is 79.9. The quantitative estimate of drug-likeness (QED) is 0.837. The molecular formula is C16H17BrClNO. The first-order valence-electron chi connectivity index (χ1n) is 6.40. The van der Waals surface area contributed by atoms with E-state index in [1.54, 1.807) is 0 Å². The van der Waals surface area contributed by atoms with Crippen molar-refractivity contribution >= 4 is 27.5 Å². The fourth-order valence-corrected chi connectivity index (χ4v) is 2.64. The molecule has 2 rings (SSSR count). The van der Waals surface area contributed by atoms with Gasteiger partial charge in [-0.15, -0.1) is 0 Å². The monoisotopic (exact) mass is 353 g/mol. The first-order chi connectivity index (χ1) is 9.47. The summed E-state index contributed by atoms with van der Waals surface area (Å²) in [6, 6.07) is 11.8. The summed E-state index contributed by atoms with van der Waals surface area (Å²) in [7, 11) is 0. The van der Waals surface area contributed by atoms with E-state index in [1.165, 1.54) is 0 Å². The van der Waals surface area contributed by atoms with E-state index in [9.17, 15) is 0 Å². The second kappa shape index (κ2) is 6.61. The van der Waals surface area contributed by atoms with E-state index < -0.39 is 0 Å². The molecule has 20 heavy (non-hydrogen) atoms. The Morgan fingerprint density at radius 2 is 2.00 bits per heavy atom. The second-order valence-electron chi connectivity index (χ2n) is 4.84. The average molecular weight is 355 g/mol. The van der Waals surface area contributed by atoms with Gasteiger partial charge in [0.25, 0.3) is 0 Å². The smallest absolute Gasteiger partial charge is 0.122 e. The van der Waals surface area contributed by atoms with E-state index >= 15 is 0 Å². The summed E-state index contributed by atoms with van der Waals surface area (Å²) in [6.45, 7) is 4.44. The van der Waals surface area contributed by atoms with Crippen molar-refractivity contribution in [1.82, 2.24) is 0 Å². The summed E-state index contributed by atoms with van der Waals surface area (Å²) in [5.74, 6) is 0.855. The lowest BCUT2D eigenvalue weighted by Gasteiger charge is -2.13. The second-order valence-corrected chi connectivity index (χ2v) is 6.16. The number of aryl methyl sites for hydroxylation is 1. The van der Waals surface area contributed by atoms with Gasteiger partial charge in [-0.1, -0.05) is 45.7 Å². The normalized spacial score (nSPS) is 12.2. The Kier molecular flexibility index (Phi) is 5.08. The van der Waals surface area contributed by atoms with Crippen molar-refractivity contribution in [3.05, 3.63) is 62.6 Å². The van der Waals surface area contributed by atoms with Crippen molar-refractivity contribution in [2.45, 2.75) is 26.5 Å². The van der Waals surface area contributed by atoms with E-state index in [0.29, 0.717) is 11.6 Å². The summed E-state index contributed by atoms with van der Waals surface area (Å²) in [5.41, 5.74) is 9.02. The topological polar surface area (TPSA) is 35.2 Å². The average Bonchev–Trinajstić information content (AvgIpc) is 2.38. The maximum absolute atomic E-state index is 6.18. The predicted molar refractivity (Wildman–Crippen MR) is 87.3 cm³/mol. The molecule has 2 nitrogen and oxygen atoms in total. The largest absolute Gasteiger partial charge is 0.489 e. The molecule has 0 unspecified atom stereocenters. The number of ether oxygens (including phenoxy) is 1. The van der Waals surface area contributed by atoms with Gasteiger partial charge >= 0.3 is 0 Å². The van der Waals surface area contributed by atoms with Gasteiger partial charge in [-0.2, -0.15) is 0 Å². The molecule has 2 aromatic carbocycles. The Hall–Kier alpha value is -1.03. The van der Waals surface area contributed by atoms with Gasteiger partial charge in [0.15, 0.2) is 0 Å². The molecule has 0 bridgehead atoms. The van der Waals surface area contributed by atoms with E-state index in [4.69, 9.17) is 22.1 Å². The van der Waals surface area contributed by atoms with E-state index in [0.717, 1.165) is 26.9 Å². The summed E-state index contributed by atoms with van der Waals surface area (Å²) >= 11 is 9.56. The zero-order valence-corrected chi connectivity index (χ0v) is 13.8. The van der Waals surface area contributed by atoms with Gasteiger partial charge in [0.05, 0.1) is 0 Å². The van der Waals surface area contributed by atoms with Gasteiger partial charge in [-0.3, -0.25) is 0 Å². The number of rotatable bonds is 4. The van der Waals surface area contributed by atoms with Crippen molar-refractivity contribution < 1.29 is 4.74 Å². The van der Waals surface area contributed by atoms with Gasteiger partial charge in [0.2, 0.25) is 0 Å². The van der Waals surface area contributed by atoms with Crippen LogP contribution in [-0.2, 0) is 6.61 Å². The van der Waals surface area contributed by atoms with Crippen molar-refractivity contribution in [3.8, 4) is 5.75 Å². The third-order valence-corrected chi connectivity index (χ3v) is 3.97. The van der Waals surface area contributed by atoms with Crippen LogP contribution in [0.4, 0.5) is 0 Å². The fourth-order valence-electron chi connectivity index (χ4n) is 1.91. The van der Waals surface area contributed by atoms with Crippen LogP contribution in [0.25, 0.3) is 0 Å². The van der Waals surface area contributed by atoms with Crippen LogP contribution in [-0.4, -0.2) is 0 Å². The van der Waals surface area contributed by atoms with Crippen LogP contribution in [0, 0.1) is 6.92 Å². The number of benzene rings is 2. The van der Waals surface area contributed by atoms with E-state index in [1.807, 2.05) is 44.2 Å². The minimum Gasteiger partial charge on any atom is -0.489 e. The molecule has 0 aliphatic heterocycles. The summed E-state index contributed by atoms with van der Waals surface area (Å²) in [4.78, 5) is 0. The Morgan fingerprint density at radius 1 is 1.25 bits per heavy atom. The molecule has 0 amide bonds. The Balaban J connectivity index is 2.11. The highest BCUT2D eigenvalue weighted by Crippen LogP contribution is 2.25. The molecular weight excluding hydrogens is 338 g/mol. The lowest BCUT2D eigenvalue weighted by molar-refractivity contribution is 0.304. The molecule has 0 saturated carbocycles. The van der Waals surface area contributed by atoms with Crippen molar-refractivity contribution in [1.29, 1.82) is 0 Å². The van der Waals surface area contributed by atoms with Gasteiger partial charge in [-0.05, 0) is 43.2 Å². The minimum atomic E-state index is 0.0312. The predicted octanol–water partition coefficient (Wildman–Crippen LogP) is 5.01. The molecule has 4 heteroatoms. The molecule has 1 atom stereocenters. The van der Waals surface area contributed by atoms with Crippen LogP contribution in [0.2, 0.25) is 5.02 Å². The van der Waals surface area contributed by atoms with Gasteiger partial charge in [0, 0.05) is 21.1 Å². The van der Waals surface area contributed by atoms with Crippen LogP contribution in [0.1, 0.15) is 29.7 Å². The number of halogens is 2. The van der Waals surface area contributed by atoms with E-state index in [2.05, 4.69) is 22.0 Å². The molecule has 0 radical (unpaired) electrons. The van der Waals surface area contributed by atoms with Gasteiger partial charge in [0.1, 0.15) is 12.4 Å². The van der Waals surface area contributed by atoms with Crippen LogP contribution >= 0.6 is 27.5 Å². The van der Waals surface area contributed by atoms with Crippen LogP contribution < -0.4 is 10.5 Å². The molecule has 0 aromatic heterocycles. The molecule has 0 spiro atoms. The van der Waals surface area contributed by atoms with E-state index in [-0.39, 0.29) is 6.04 Å². The standard InChI is InChI=1S/C16H17BrClNO/c1-10-7-12(11(2)19)4-6-16(10)20-9-13-3-5-14(17)8-15(13)18/h3-8,11H,9,19H2,1-2H3/t11-/m1/s1. The lowest BCUT2D eigenvalue weighted by Crippen LogP contribution is -2.05. The minimum absolute atomic E-state index is 0.0312. The Bertz CT molecular complexity index is 613. The maximum Gasteiger partial charge on any atom is 0.122 e. The number of nitrogens with two attached hydrogens (primary N) is 1. The first-order valence-corrected chi connectivity index (χ1v) is 7.57. The molecule has 0 fully saturated rings. The Labute approximate surface area is 133 Å². The van der Waals surface area contributed by atoms with Crippen LogP contribution in [0.3, 0.4) is 0 Å². The third kappa shape index (κ3) is 3.75. The van der Waals surface area contributed by atoms with Gasteiger partial charge in [-0.25, -0.2) is 0 Å². The molecule has 0 saturated heterocycles. The number of hydrogen-bond donors (Lipinski definition) is 1. The lowest BCUT2D eigenvalue weighted by atomic mass is 10.1. The zero-order valence-electron chi connectivity index (χ0n) is 11.5. The first kappa shape index (κ1) is 15.4. The van der Waals surface area contributed by atoms with Gasteiger partial charge < -0.3 is 10.5 Å². The molecule has 0 aliphatic rings. The Morgan fingerprint density at radius 3 is 2.60 bits per heavy atom. The van der Waals surface area contributed by atoms with Crippen molar-refractivity contribution in [3.63, 3.8) is 0 Å². The summed E-state index contributed by atoms with van der Waals surface area (Å²) < 4.78 is 6.80. The third-order valence-electron chi connectivity index (χ3n) is 3.12. The summed E-state index contributed by atoms with van der Waals surface area (Å²) in [5, 5.41) is 0.698. The fraction of sp³-hybridized carbons (Fsp3) is 0.250. The molecule has 0 aliphatic carbocycles. The highest BCUT2D eigenvalue weighted by Gasteiger charge is 2.06. The summed E-state index contributed by atoms with van der Waals surface area (Å²) in [6.07, 6.45) is 0. The molecule has 106 valence electrons. The number of hydrogen-bond acceptors (Lipinski definition) is 2. The molecule has 0 heterocycles.